The molecule has 0 saturated carbocycles. The van der Waals surface area contributed by atoms with Crippen molar-refractivity contribution in [2.45, 2.75) is 58.9 Å². The Morgan fingerprint density at radius 1 is 1.08 bits per heavy atom. The fraction of sp³-hybridized carbons (Fsp3) is 0.448. The third kappa shape index (κ3) is 3.47. The number of rotatable bonds is 3. The van der Waals surface area contributed by atoms with Gasteiger partial charge in [0.25, 0.3) is 0 Å². The molecule has 7 heteroatoms. The number of allylic oxidation sites excluding steroid dienone is 6. The smallest absolute Gasteiger partial charge is 0.234 e. The van der Waals surface area contributed by atoms with Gasteiger partial charge in [-0.1, -0.05) is 17.7 Å². The Kier molecular flexibility index (Phi) is 5.58. The van der Waals surface area contributed by atoms with Crippen LogP contribution in [-0.2, 0) is 19.2 Å². The Labute approximate surface area is 210 Å². The highest BCUT2D eigenvalue weighted by atomic mass is 16.5. The van der Waals surface area contributed by atoms with Gasteiger partial charge < -0.3 is 9.84 Å². The number of carbonyl (C=O) groups excluding carboxylic acids is 4. The summed E-state index contributed by atoms with van der Waals surface area (Å²) in [6.07, 6.45) is 4.02. The molecule has 0 aromatic heterocycles. The van der Waals surface area contributed by atoms with Crippen molar-refractivity contribution in [1.29, 1.82) is 0 Å². The number of ketones is 2. The summed E-state index contributed by atoms with van der Waals surface area (Å²) in [6, 6.07) is 4.97. The number of aromatic hydroxyl groups is 1. The lowest BCUT2D eigenvalue weighted by molar-refractivity contribution is -0.145. The summed E-state index contributed by atoms with van der Waals surface area (Å²) >= 11 is 0. The maximum absolute atomic E-state index is 13.7. The summed E-state index contributed by atoms with van der Waals surface area (Å²) in [5.41, 5.74) is 2.17. The van der Waals surface area contributed by atoms with Crippen LogP contribution < -0.4 is 4.74 Å². The SMILES string of the molecule is CCOc1cc(C2C3=CCC4C(=O)N(C(C)(C)C)C(=O)C4C3CC3=C2C(=O)C(C)=CC3=O)ccc1O. The minimum absolute atomic E-state index is 0.0145. The third-order valence-electron chi connectivity index (χ3n) is 7.85. The average molecular weight is 490 g/mol. The summed E-state index contributed by atoms with van der Waals surface area (Å²) in [7, 11) is 0. The fourth-order valence-electron chi connectivity index (χ4n) is 6.38. The maximum atomic E-state index is 13.7. The van der Waals surface area contributed by atoms with Crippen LogP contribution in [-0.4, -0.2) is 45.5 Å². The van der Waals surface area contributed by atoms with Gasteiger partial charge in [0.15, 0.2) is 23.1 Å². The highest BCUT2D eigenvalue weighted by molar-refractivity contribution is 6.23. The standard InChI is InChI=1S/C29H31NO6/c1-6-36-22-12-15(7-10-20(22)31)23-16-8-9-17-24(28(35)30(27(17)34)29(3,4)5)18(16)13-19-21(32)11-14(2)26(33)25(19)23/h7-8,10-12,17-18,23-24,31H,6,9,13H2,1-5H3. The number of carbonyl (C=O) groups is 4. The van der Waals surface area contributed by atoms with Crippen LogP contribution in [0.5, 0.6) is 11.5 Å². The van der Waals surface area contributed by atoms with E-state index >= 15 is 0 Å². The van der Waals surface area contributed by atoms with Gasteiger partial charge in [-0.25, -0.2) is 0 Å². The van der Waals surface area contributed by atoms with Crippen molar-refractivity contribution < 1.29 is 29.0 Å². The van der Waals surface area contributed by atoms with Gasteiger partial charge in [-0.05, 0) is 77.2 Å². The van der Waals surface area contributed by atoms with Crippen molar-refractivity contribution in [3.05, 3.63) is 58.2 Å². The topological polar surface area (TPSA) is 101 Å². The number of fused-ring (bicyclic) bond motifs is 3. The fourth-order valence-corrected chi connectivity index (χ4v) is 6.38. The lowest BCUT2D eigenvalue weighted by Crippen LogP contribution is -2.46. The molecule has 0 bridgehead atoms. The molecule has 1 aliphatic heterocycles. The van der Waals surface area contributed by atoms with Gasteiger partial charge in [0.2, 0.25) is 11.8 Å². The second kappa shape index (κ2) is 8.29. The molecule has 1 N–H and O–H groups in total. The number of phenolic OH excluding ortho intramolecular Hbond substituents is 1. The van der Waals surface area contributed by atoms with Crippen LogP contribution >= 0.6 is 0 Å². The van der Waals surface area contributed by atoms with E-state index in [9.17, 15) is 24.3 Å². The number of Topliss-reactive ketones (excluding diaryl/α,β-unsaturated/α-hetero) is 1. The van der Waals surface area contributed by atoms with Gasteiger partial charge >= 0.3 is 0 Å². The van der Waals surface area contributed by atoms with Crippen LogP contribution in [0.4, 0.5) is 0 Å². The second-order valence-corrected chi connectivity index (χ2v) is 11.1. The molecule has 1 saturated heterocycles. The van der Waals surface area contributed by atoms with Crippen LogP contribution in [0, 0.1) is 17.8 Å². The molecule has 0 spiro atoms. The molecular weight excluding hydrogens is 458 g/mol. The number of phenols is 1. The van der Waals surface area contributed by atoms with E-state index in [-0.39, 0.29) is 41.5 Å². The zero-order chi connectivity index (χ0) is 26.1. The first-order valence-electron chi connectivity index (χ1n) is 12.5. The minimum atomic E-state index is -0.649. The number of hydrogen-bond acceptors (Lipinski definition) is 6. The van der Waals surface area contributed by atoms with E-state index in [4.69, 9.17) is 4.74 Å². The zero-order valence-corrected chi connectivity index (χ0v) is 21.3. The van der Waals surface area contributed by atoms with Gasteiger partial charge in [0.05, 0.1) is 18.4 Å². The molecule has 4 atom stereocenters. The molecular formula is C29H31NO6. The summed E-state index contributed by atoms with van der Waals surface area (Å²) in [6.45, 7) is 9.35. The summed E-state index contributed by atoms with van der Waals surface area (Å²) in [5, 5.41) is 10.3. The van der Waals surface area contributed by atoms with Gasteiger partial charge in [0, 0.05) is 28.2 Å². The Bertz CT molecular complexity index is 1310. The molecule has 1 fully saturated rings. The van der Waals surface area contributed by atoms with E-state index in [0.717, 1.165) is 5.57 Å². The zero-order valence-electron chi connectivity index (χ0n) is 21.3. The van der Waals surface area contributed by atoms with Crippen LogP contribution in [0.1, 0.15) is 58.9 Å². The molecule has 1 aromatic carbocycles. The predicted octanol–water partition coefficient (Wildman–Crippen LogP) is 4.02. The number of ether oxygens (including phenoxy) is 1. The summed E-state index contributed by atoms with van der Waals surface area (Å²) in [5.74, 6) is -2.50. The van der Waals surface area contributed by atoms with E-state index in [0.29, 0.717) is 41.1 Å². The third-order valence-corrected chi connectivity index (χ3v) is 7.85. The van der Waals surface area contributed by atoms with Crippen molar-refractivity contribution in [1.82, 2.24) is 4.90 Å². The van der Waals surface area contributed by atoms with Crippen molar-refractivity contribution in [2.24, 2.45) is 17.8 Å². The van der Waals surface area contributed by atoms with Crippen molar-refractivity contribution in [3.63, 3.8) is 0 Å². The molecule has 5 rings (SSSR count). The summed E-state index contributed by atoms with van der Waals surface area (Å²) in [4.78, 5) is 55.0. The van der Waals surface area contributed by atoms with Gasteiger partial charge in [-0.3, -0.25) is 24.1 Å². The monoisotopic (exact) mass is 489 g/mol. The number of amides is 2. The number of likely N-dealkylation sites (tertiary alicyclic amines) is 1. The quantitative estimate of drug-likeness (QED) is 0.391. The van der Waals surface area contributed by atoms with E-state index in [1.54, 1.807) is 19.1 Å². The predicted molar refractivity (Wildman–Crippen MR) is 132 cm³/mol. The highest BCUT2D eigenvalue weighted by Gasteiger charge is 2.58. The Hall–Kier alpha value is -3.48. The van der Waals surface area contributed by atoms with Crippen molar-refractivity contribution in [2.75, 3.05) is 6.61 Å². The average Bonchev–Trinajstić information content (AvgIpc) is 3.08. The van der Waals surface area contributed by atoms with Gasteiger partial charge in [-0.2, -0.15) is 0 Å². The van der Waals surface area contributed by atoms with Crippen LogP contribution in [0.25, 0.3) is 0 Å². The van der Waals surface area contributed by atoms with Crippen LogP contribution in [0.3, 0.4) is 0 Å². The van der Waals surface area contributed by atoms with Gasteiger partial charge in [0.1, 0.15) is 0 Å². The number of nitrogens with zero attached hydrogens (tertiary/aromatic N) is 1. The van der Waals surface area contributed by atoms with Gasteiger partial charge in [-0.15, -0.1) is 0 Å². The second-order valence-electron chi connectivity index (χ2n) is 11.1. The maximum Gasteiger partial charge on any atom is 0.234 e. The molecule has 1 aromatic rings. The Morgan fingerprint density at radius 2 is 1.81 bits per heavy atom. The van der Waals surface area contributed by atoms with E-state index in [2.05, 4.69) is 0 Å². The van der Waals surface area contributed by atoms with E-state index in [1.165, 1.54) is 17.0 Å². The lowest BCUT2D eigenvalue weighted by Gasteiger charge is -2.42. The molecule has 188 valence electrons. The van der Waals surface area contributed by atoms with Crippen molar-refractivity contribution >= 4 is 23.4 Å². The number of hydrogen-bond donors (Lipinski definition) is 1. The van der Waals surface area contributed by atoms with Crippen LogP contribution in [0.2, 0.25) is 0 Å². The Balaban J connectivity index is 1.69. The molecule has 7 nitrogen and oxygen atoms in total. The van der Waals surface area contributed by atoms with Crippen molar-refractivity contribution in [3.8, 4) is 11.5 Å². The first-order valence-corrected chi connectivity index (χ1v) is 12.5. The lowest BCUT2D eigenvalue weighted by atomic mass is 9.59. The molecule has 1 heterocycles. The molecule has 2 amide bonds. The summed E-state index contributed by atoms with van der Waals surface area (Å²) < 4.78 is 5.61. The first kappa shape index (κ1) is 24.2. The largest absolute Gasteiger partial charge is 0.504 e. The highest BCUT2D eigenvalue weighted by Crippen LogP contribution is 2.56. The van der Waals surface area contributed by atoms with Crippen LogP contribution in [0.15, 0.2) is 52.6 Å². The van der Waals surface area contributed by atoms with E-state index in [1.807, 2.05) is 33.8 Å². The molecule has 3 aliphatic carbocycles. The molecule has 0 radical (unpaired) electrons. The van der Waals surface area contributed by atoms with E-state index < -0.39 is 23.3 Å². The number of imide groups is 1. The first-order chi connectivity index (χ1) is 17.0. The number of benzene rings is 1. The minimum Gasteiger partial charge on any atom is -0.504 e. The molecule has 4 aliphatic rings. The molecule has 36 heavy (non-hydrogen) atoms. The molecule has 4 unspecified atom stereocenters. The normalized spacial score (nSPS) is 28.0. The Morgan fingerprint density at radius 3 is 2.47 bits per heavy atom.